The van der Waals surface area contributed by atoms with Crippen LogP contribution in [-0.4, -0.2) is 56.4 Å². The molecule has 3 aromatic rings. The third-order valence-electron chi connectivity index (χ3n) is 6.30. The van der Waals surface area contributed by atoms with Gasteiger partial charge in [0.25, 0.3) is 0 Å². The second-order valence-electron chi connectivity index (χ2n) is 9.15. The van der Waals surface area contributed by atoms with Gasteiger partial charge in [-0.05, 0) is 34.7 Å². The zero-order chi connectivity index (χ0) is 28.3. The number of nitrogens with one attached hydrogen (secondary N) is 3. The monoisotopic (exact) mass is 545 g/mol. The van der Waals surface area contributed by atoms with Crippen molar-refractivity contribution in [3.8, 4) is 11.1 Å². The van der Waals surface area contributed by atoms with Crippen LogP contribution in [0.25, 0.3) is 11.1 Å². The molecule has 0 aliphatic heterocycles. The van der Waals surface area contributed by atoms with E-state index < -0.39 is 29.9 Å². The first-order valence-electron chi connectivity index (χ1n) is 12.9. The molecule has 40 heavy (non-hydrogen) atoms. The fourth-order valence-electron chi connectivity index (χ4n) is 4.34. The second-order valence-corrected chi connectivity index (χ2v) is 9.15. The average Bonchev–Trinajstić information content (AvgIpc) is 3.30. The molecule has 0 heterocycles. The van der Waals surface area contributed by atoms with Crippen molar-refractivity contribution in [2.75, 3.05) is 26.5 Å². The summed E-state index contributed by atoms with van der Waals surface area (Å²) in [7, 11) is 0. The van der Waals surface area contributed by atoms with Crippen LogP contribution in [0.1, 0.15) is 29.5 Å². The van der Waals surface area contributed by atoms with Crippen molar-refractivity contribution in [2.24, 2.45) is 0 Å². The van der Waals surface area contributed by atoms with Crippen LogP contribution < -0.4 is 16.0 Å². The molecular formula is C30H31N3O7. The summed E-state index contributed by atoms with van der Waals surface area (Å²) in [6.45, 7) is 0.783. The summed E-state index contributed by atoms with van der Waals surface area (Å²) in [5, 5.41) is 7.30. The summed E-state index contributed by atoms with van der Waals surface area (Å²) in [6.07, 6.45) is -0.717. The van der Waals surface area contributed by atoms with Crippen LogP contribution in [0, 0.1) is 0 Å². The number of fused-ring (bicyclic) bond motifs is 3. The maximum absolute atomic E-state index is 12.2. The molecule has 0 fully saturated rings. The lowest BCUT2D eigenvalue weighted by Gasteiger charge is -2.15. The normalized spacial score (nSPS) is 12.4. The van der Waals surface area contributed by atoms with Crippen molar-refractivity contribution >= 4 is 23.9 Å². The number of hydrogen-bond donors (Lipinski definition) is 3. The number of carbonyl (C=O) groups is 4. The molecule has 10 heteroatoms. The zero-order valence-electron chi connectivity index (χ0n) is 22.1. The number of rotatable bonds is 12. The Balaban J connectivity index is 1.08. The van der Waals surface area contributed by atoms with Gasteiger partial charge in [-0.3, -0.25) is 9.59 Å². The number of carbonyl (C=O) groups excluding carboxylic acids is 4. The fraction of sp³-hybridized carbons (Fsp3) is 0.267. The third kappa shape index (κ3) is 7.67. The van der Waals surface area contributed by atoms with Crippen LogP contribution in [0.4, 0.5) is 4.79 Å². The molecule has 1 aliphatic rings. The van der Waals surface area contributed by atoms with Crippen molar-refractivity contribution < 1.29 is 33.4 Å². The van der Waals surface area contributed by atoms with E-state index in [0.29, 0.717) is 0 Å². The highest BCUT2D eigenvalue weighted by molar-refractivity contribution is 5.85. The Bertz CT molecular complexity index is 1300. The van der Waals surface area contributed by atoms with Crippen molar-refractivity contribution in [3.63, 3.8) is 0 Å². The molecule has 1 aliphatic carbocycles. The van der Waals surface area contributed by atoms with Gasteiger partial charge in [0.15, 0.2) is 0 Å². The van der Waals surface area contributed by atoms with E-state index in [9.17, 15) is 19.2 Å². The summed E-state index contributed by atoms with van der Waals surface area (Å²) in [6, 6.07) is 24.3. The molecular weight excluding hydrogens is 514 g/mol. The molecule has 0 spiro atoms. The van der Waals surface area contributed by atoms with Crippen LogP contribution >= 0.6 is 0 Å². The molecule has 208 valence electrons. The van der Waals surface area contributed by atoms with Gasteiger partial charge in [-0.2, -0.15) is 0 Å². The highest BCUT2D eigenvalue weighted by Gasteiger charge is 2.29. The maximum atomic E-state index is 12.2. The summed E-state index contributed by atoms with van der Waals surface area (Å²) in [5.41, 5.74) is 5.26. The third-order valence-corrected chi connectivity index (χ3v) is 6.30. The highest BCUT2D eigenvalue weighted by Crippen LogP contribution is 2.44. The van der Waals surface area contributed by atoms with Crippen LogP contribution in [0.15, 0.2) is 78.9 Å². The minimum absolute atomic E-state index is 0.0834. The van der Waals surface area contributed by atoms with Crippen LogP contribution in [0.5, 0.6) is 0 Å². The summed E-state index contributed by atoms with van der Waals surface area (Å²) in [5.74, 6) is -1.73. The molecule has 0 bridgehead atoms. The number of alkyl carbamates (subject to hydrolysis) is 1. The smallest absolute Gasteiger partial charge is 0.407 e. The molecule has 0 unspecified atom stereocenters. The number of amides is 3. The fourth-order valence-corrected chi connectivity index (χ4v) is 4.34. The van der Waals surface area contributed by atoms with Gasteiger partial charge in [0.2, 0.25) is 11.8 Å². The minimum Gasteiger partial charge on any atom is -0.459 e. The Labute approximate surface area is 232 Å². The SMILES string of the molecule is C[C@H](NC(=O)COCNC(=O)CNC(=O)OCC1c2ccccc2-c2ccccc21)C(=O)OCc1ccccc1. The summed E-state index contributed by atoms with van der Waals surface area (Å²) >= 11 is 0. The van der Waals surface area contributed by atoms with E-state index in [-0.39, 0.29) is 39.0 Å². The van der Waals surface area contributed by atoms with Gasteiger partial charge in [0.05, 0.1) is 0 Å². The standard InChI is InChI=1S/C30H31N3O7/c1-20(29(36)39-16-21-9-3-2-4-10-21)33-28(35)18-38-19-32-27(34)15-31-30(37)40-17-26-24-13-7-5-11-22(24)23-12-6-8-14-25(23)26/h2-14,20,26H,15-19H2,1H3,(H,31,37)(H,32,34)(H,33,35)/t20-/m0/s1. The van der Waals surface area contributed by atoms with Crippen molar-refractivity contribution in [1.29, 1.82) is 0 Å². The van der Waals surface area contributed by atoms with Gasteiger partial charge >= 0.3 is 12.1 Å². The van der Waals surface area contributed by atoms with Crippen molar-refractivity contribution in [3.05, 3.63) is 95.6 Å². The first-order chi connectivity index (χ1) is 19.4. The minimum atomic E-state index is -0.865. The topological polar surface area (TPSA) is 132 Å². The second kappa shape index (κ2) is 13.9. The number of esters is 1. The Kier molecular flexibility index (Phi) is 9.84. The van der Waals surface area contributed by atoms with Crippen LogP contribution in [0.3, 0.4) is 0 Å². The Morgan fingerprint density at radius 1 is 0.775 bits per heavy atom. The molecule has 0 saturated heterocycles. The van der Waals surface area contributed by atoms with E-state index in [1.54, 1.807) is 0 Å². The predicted octanol–water partition coefficient (Wildman–Crippen LogP) is 2.86. The van der Waals surface area contributed by atoms with Gasteiger partial charge in [0, 0.05) is 5.92 Å². The molecule has 3 aromatic carbocycles. The van der Waals surface area contributed by atoms with E-state index in [2.05, 4.69) is 16.0 Å². The van der Waals surface area contributed by atoms with Gasteiger partial charge < -0.3 is 30.2 Å². The van der Waals surface area contributed by atoms with Gasteiger partial charge in [0.1, 0.15) is 39.1 Å². The van der Waals surface area contributed by atoms with E-state index in [1.165, 1.54) is 6.92 Å². The number of ether oxygens (including phenoxy) is 3. The van der Waals surface area contributed by atoms with Gasteiger partial charge in [-0.1, -0.05) is 78.9 Å². The van der Waals surface area contributed by atoms with E-state index >= 15 is 0 Å². The lowest BCUT2D eigenvalue weighted by atomic mass is 9.98. The molecule has 3 amide bonds. The summed E-state index contributed by atoms with van der Waals surface area (Å²) in [4.78, 5) is 48.3. The van der Waals surface area contributed by atoms with Crippen molar-refractivity contribution in [2.45, 2.75) is 25.5 Å². The first-order valence-corrected chi connectivity index (χ1v) is 12.9. The highest BCUT2D eigenvalue weighted by atomic mass is 16.5. The Morgan fingerprint density at radius 3 is 2.08 bits per heavy atom. The molecule has 0 saturated carbocycles. The van der Waals surface area contributed by atoms with E-state index in [0.717, 1.165) is 27.8 Å². The molecule has 10 nitrogen and oxygen atoms in total. The molecule has 3 N–H and O–H groups in total. The average molecular weight is 546 g/mol. The largest absolute Gasteiger partial charge is 0.459 e. The van der Waals surface area contributed by atoms with Gasteiger partial charge in [-0.25, -0.2) is 9.59 Å². The molecule has 1 atom stereocenters. The number of hydrogen-bond acceptors (Lipinski definition) is 7. The first kappa shape index (κ1) is 28.3. The van der Waals surface area contributed by atoms with Crippen LogP contribution in [-0.2, 0) is 35.2 Å². The van der Waals surface area contributed by atoms with E-state index in [4.69, 9.17) is 14.2 Å². The molecule has 0 aromatic heterocycles. The van der Waals surface area contributed by atoms with Crippen molar-refractivity contribution in [1.82, 2.24) is 16.0 Å². The predicted molar refractivity (Wildman–Crippen MR) is 146 cm³/mol. The number of benzene rings is 3. The lowest BCUT2D eigenvalue weighted by Crippen LogP contribution is -2.42. The summed E-state index contributed by atoms with van der Waals surface area (Å²) < 4.78 is 15.7. The van der Waals surface area contributed by atoms with E-state index in [1.807, 2.05) is 78.9 Å². The zero-order valence-corrected chi connectivity index (χ0v) is 22.1. The molecule has 0 radical (unpaired) electrons. The Hall–Kier alpha value is -4.70. The molecule has 4 rings (SSSR count). The van der Waals surface area contributed by atoms with Crippen LogP contribution in [0.2, 0.25) is 0 Å². The Morgan fingerprint density at radius 2 is 1.40 bits per heavy atom. The maximum Gasteiger partial charge on any atom is 0.407 e. The lowest BCUT2D eigenvalue weighted by molar-refractivity contribution is -0.149. The van der Waals surface area contributed by atoms with Gasteiger partial charge in [-0.15, -0.1) is 0 Å². The quantitative estimate of drug-likeness (QED) is 0.181.